The first kappa shape index (κ1) is 14.6. The Morgan fingerprint density at radius 3 is 2.67 bits per heavy atom. The number of nitrogens with two attached hydrogens (primary N) is 1. The normalized spacial score (nSPS) is 13.7. The smallest absolute Gasteiger partial charge is 0.253 e. The topological polar surface area (TPSA) is 85.1 Å². The monoisotopic (exact) mass is 313 g/mol. The highest BCUT2D eigenvalue weighted by Crippen LogP contribution is 2.11. The number of primary amides is 1. The predicted molar refractivity (Wildman–Crippen MR) is 71.8 cm³/mol. The number of carbonyl (C=O) groups excluding carboxylic acids is 2. The molecule has 0 radical (unpaired) electrons. The van der Waals surface area contributed by atoms with E-state index in [1.54, 1.807) is 12.3 Å². The summed E-state index contributed by atoms with van der Waals surface area (Å²) in [5.74, 6) is -0.889. The number of carbonyl (C=O) groups is 2. The zero-order valence-electron chi connectivity index (χ0n) is 10.3. The fraction of sp³-hybridized carbons (Fsp3) is 0.417. The molecule has 5 nitrogen and oxygen atoms in total. The molecule has 0 fully saturated rings. The van der Waals surface area contributed by atoms with Crippen molar-refractivity contribution >= 4 is 27.7 Å². The molecule has 0 aliphatic carbocycles. The highest BCUT2D eigenvalue weighted by molar-refractivity contribution is 9.10. The Labute approximate surface area is 114 Å². The number of nitrogens with zero attached hydrogens (tertiary/aromatic N) is 1. The van der Waals surface area contributed by atoms with Gasteiger partial charge in [-0.15, -0.1) is 0 Å². The molecule has 1 heterocycles. The van der Waals surface area contributed by atoms with Crippen LogP contribution < -0.4 is 11.1 Å². The minimum Gasteiger partial charge on any atom is -0.368 e. The number of halogens is 1. The molecule has 1 aromatic heterocycles. The summed E-state index contributed by atoms with van der Waals surface area (Å²) in [4.78, 5) is 27.2. The number of hydrogen-bond donors (Lipinski definition) is 2. The highest BCUT2D eigenvalue weighted by Gasteiger charge is 2.24. The van der Waals surface area contributed by atoms with Gasteiger partial charge in [0, 0.05) is 16.9 Å². The maximum atomic E-state index is 12.0. The lowest BCUT2D eigenvalue weighted by atomic mass is 9.98. The van der Waals surface area contributed by atoms with Gasteiger partial charge in [0.05, 0.1) is 5.56 Å². The van der Waals surface area contributed by atoms with E-state index in [9.17, 15) is 9.59 Å². The first-order chi connectivity index (χ1) is 8.45. The van der Waals surface area contributed by atoms with Crippen molar-refractivity contribution in [2.45, 2.75) is 26.3 Å². The molecule has 2 amide bonds. The third kappa shape index (κ3) is 3.80. The molecule has 1 rings (SSSR count). The summed E-state index contributed by atoms with van der Waals surface area (Å²) in [7, 11) is 0. The van der Waals surface area contributed by atoms with Crippen molar-refractivity contribution < 1.29 is 9.59 Å². The molecule has 6 heteroatoms. The van der Waals surface area contributed by atoms with Gasteiger partial charge in [-0.25, -0.2) is 0 Å². The number of pyridine rings is 1. The molecule has 0 saturated carbocycles. The van der Waals surface area contributed by atoms with E-state index >= 15 is 0 Å². The van der Waals surface area contributed by atoms with Crippen molar-refractivity contribution in [2.75, 3.05) is 0 Å². The van der Waals surface area contributed by atoms with Gasteiger partial charge in [-0.3, -0.25) is 14.6 Å². The van der Waals surface area contributed by atoms with Crippen molar-refractivity contribution in [2.24, 2.45) is 11.7 Å². The lowest BCUT2D eigenvalue weighted by molar-refractivity contribution is -0.120. The van der Waals surface area contributed by atoms with E-state index in [2.05, 4.69) is 26.2 Å². The first-order valence-corrected chi connectivity index (χ1v) is 6.45. The van der Waals surface area contributed by atoms with Gasteiger partial charge in [0.25, 0.3) is 5.91 Å². The Bertz CT molecular complexity index is 451. The molecule has 18 heavy (non-hydrogen) atoms. The number of hydrogen-bond acceptors (Lipinski definition) is 3. The van der Waals surface area contributed by atoms with Crippen LogP contribution in [0.4, 0.5) is 0 Å². The second-order valence-electron chi connectivity index (χ2n) is 4.13. The number of aromatic nitrogens is 1. The fourth-order valence-electron chi connectivity index (χ4n) is 1.49. The summed E-state index contributed by atoms with van der Waals surface area (Å²) >= 11 is 3.23. The quantitative estimate of drug-likeness (QED) is 0.863. The van der Waals surface area contributed by atoms with Gasteiger partial charge in [-0.2, -0.15) is 0 Å². The second-order valence-corrected chi connectivity index (χ2v) is 5.05. The van der Waals surface area contributed by atoms with Crippen LogP contribution >= 0.6 is 15.9 Å². The fourth-order valence-corrected chi connectivity index (χ4v) is 1.85. The zero-order valence-corrected chi connectivity index (χ0v) is 11.9. The average Bonchev–Trinajstić information content (AvgIpc) is 2.34. The molecule has 0 saturated heterocycles. The maximum Gasteiger partial charge on any atom is 0.253 e. The third-order valence-electron chi connectivity index (χ3n) is 2.77. The summed E-state index contributed by atoms with van der Waals surface area (Å²) in [6.45, 7) is 3.81. The molecular weight excluding hydrogens is 298 g/mol. The van der Waals surface area contributed by atoms with Crippen molar-refractivity contribution in [3.05, 3.63) is 28.5 Å². The number of nitrogens with one attached hydrogen (secondary N) is 1. The van der Waals surface area contributed by atoms with Gasteiger partial charge in [0.2, 0.25) is 5.91 Å². The molecule has 1 aromatic rings. The molecule has 2 atom stereocenters. The molecule has 0 bridgehead atoms. The van der Waals surface area contributed by atoms with Gasteiger partial charge >= 0.3 is 0 Å². The van der Waals surface area contributed by atoms with Gasteiger partial charge < -0.3 is 11.1 Å². The summed E-state index contributed by atoms with van der Waals surface area (Å²) in [5.41, 5.74) is 5.68. The van der Waals surface area contributed by atoms with Crippen LogP contribution in [-0.2, 0) is 4.79 Å². The Kier molecular flexibility index (Phi) is 5.27. The molecule has 0 aliphatic heterocycles. The summed E-state index contributed by atoms with van der Waals surface area (Å²) in [6, 6.07) is 0.971. The molecule has 98 valence electrons. The Balaban J connectivity index is 2.82. The van der Waals surface area contributed by atoms with Gasteiger partial charge in [-0.1, -0.05) is 20.3 Å². The maximum absolute atomic E-state index is 12.0. The SMILES string of the molecule is CCC(C)C(NC(=O)c1cncc(Br)c1)C(N)=O. The Morgan fingerprint density at radius 2 is 2.17 bits per heavy atom. The van der Waals surface area contributed by atoms with Crippen molar-refractivity contribution in [1.29, 1.82) is 0 Å². The lowest BCUT2D eigenvalue weighted by Gasteiger charge is -2.21. The predicted octanol–water partition coefficient (Wildman–Crippen LogP) is 1.47. The summed E-state index contributed by atoms with van der Waals surface area (Å²) in [5, 5.41) is 2.64. The van der Waals surface area contributed by atoms with Crippen molar-refractivity contribution in [1.82, 2.24) is 10.3 Å². The molecule has 0 spiro atoms. The number of amides is 2. The van der Waals surface area contributed by atoms with E-state index in [1.807, 2.05) is 13.8 Å². The van der Waals surface area contributed by atoms with E-state index in [0.717, 1.165) is 6.42 Å². The van der Waals surface area contributed by atoms with E-state index in [1.165, 1.54) is 6.20 Å². The molecular formula is C12H16BrN3O2. The molecule has 3 N–H and O–H groups in total. The second kappa shape index (κ2) is 6.49. The first-order valence-electron chi connectivity index (χ1n) is 5.66. The summed E-state index contributed by atoms with van der Waals surface area (Å²) < 4.78 is 0.703. The third-order valence-corrected chi connectivity index (χ3v) is 3.21. The van der Waals surface area contributed by atoms with E-state index in [-0.39, 0.29) is 11.8 Å². The van der Waals surface area contributed by atoms with Crippen LogP contribution in [0.15, 0.2) is 22.9 Å². The van der Waals surface area contributed by atoms with Crippen LogP contribution in [0.25, 0.3) is 0 Å². The minimum atomic E-state index is -0.665. The number of rotatable bonds is 5. The lowest BCUT2D eigenvalue weighted by Crippen LogP contribution is -2.48. The van der Waals surface area contributed by atoms with Crippen molar-refractivity contribution in [3.8, 4) is 0 Å². The minimum absolute atomic E-state index is 0.00781. The van der Waals surface area contributed by atoms with Gasteiger partial charge in [-0.05, 0) is 27.9 Å². The van der Waals surface area contributed by atoms with Crippen LogP contribution in [0.1, 0.15) is 30.6 Å². The largest absolute Gasteiger partial charge is 0.368 e. The van der Waals surface area contributed by atoms with Crippen LogP contribution in [0.2, 0.25) is 0 Å². The standard InChI is InChI=1S/C12H16BrN3O2/c1-3-7(2)10(11(14)17)16-12(18)8-4-9(13)6-15-5-8/h4-7,10H,3H2,1-2H3,(H2,14,17)(H,16,18). The van der Waals surface area contributed by atoms with Gasteiger partial charge in [0.1, 0.15) is 6.04 Å². The molecule has 2 unspecified atom stereocenters. The van der Waals surface area contributed by atoms with Crippen LogP contribution in [0, 0.1) is 5.92 Å². The van der Waals surface area contributed by atoms with Crippen LogP contribution in [0.3, 0.4) is 0 Å². The highest BCUT2D eigenvalue weighted by atomic mass is 79.9. The average molecular weight is 314 g/mol. The summed E-state index contributed by atoms with van der Waals surface area (Å²) in [6.07, 6.45) is 3.77. The molecule has 0 aliphatic rings. The van der Waals surface area contributed by atoms with E-state index in [0.29, 0.717) is 10.0 Å². The van der Waals surface area contributed by atoms with Gasteiger partial charge in [0.15, 0.2) is 0 Å². The molecule has 0 aromatic carbocycles. The van der Waals surface area contributed by atoms with Crippen LogP contribution in [0.5, 0.6) is 0 Å². The Morgan fingerprint density at radius 1 is 1.50 bits per heavy atom. The Hall–Kier alpha value is -1.43. The van der Waals surface area contributed by atoms with Crippen molar-refractivity contribution in [3.63, 3.8) is 0 Å². The van der Waals surface area contributed by atoms with E-state index in [4.69, 9.17) is 5.73 Å². The zero-order chi connectivity index (χ0) is 13.7. The van der Waals surface area contributed by atoms with Crippen LogP contribution in [-0.4, -0.2) is 22.8 Å². The van der Waals surface area contributed by atoms with E-state index < -0.39 is 11.9 Å².